The first-order valence-corrected chi connectivity index (χ1v) is 6.96. The molecule has 0 bridgehead atoms. The molecule has 0 aliphatic carbocycles. The minimum absolute atomic E-state index is 0.0568. The Morgan fingerprint density at radius 3 is 2.84 bits per heavy atom. The van der Waals surface area contributed by atoms with Crippen LogP contribution in [-0.2, 0) is 0 Å². The van der Waals surface area contributed by atoms with Crippen LogP contribution in [0.4, 0.5) is 10.5 Å². The predicted octanol–water partition coefficient (Wildman–Crippen LogP) is 2.62. The van der Waals surface area contributed by atoms with E-state index in [-0.39, 0.29) is 6.03 Å². The van der Waals surface area contributed by atoms with Crippen LogP contribution in [0.3, 0.4) is 0 Å². The number of nitrogens with one attached hydrogen (secondary N) is 1. The van der Waals surface area contributed by atoms with Gasteiger partial charge in [0, 0.05) is 26.7 Å². The number of nitrogens with zero attached hydrogens (tertiary/aromatic N) is 2. The number of para-hydroxylation sites is 1. The van der Waals surface area contributed by atoms with E-state index in [4.69, 9.17) is 0 Å². The van der Waals surface area contributed by atoms with Crippen molar-refractivity contribution in [2.24, 2.45) is 0 Å². The van der Waals surface area contributed by atoms with Gasteiger partial charge in [-0.2, -0.15) is 0 Å². The van der Waals surface area contributed by atoms with Crippen LogP contribution < -0.4 is 10.2 Å². The third kappa shape index (κ3) is 2.89. The lowest BCUT2D eigenvalue weighted by Crippen LogP contribution is -2.44. The minimum atomic E-state index is 0.0568. The summed E-state index contributed by atoms with van der Waals surface area (Å²) in [6.07, 6.45) is 2.09. The Balaban J connectivity index is 2.26. The Bertz CT molecular complexity index is 445. The van der Waals surface area contributed by atoms with E-state index in [9.17, 15) is 4.79 Å². The van der Waals surface area contributed by atoms with Crippen LogP contribution in [0, 0.1) is 0 Å². The summed E-state index contributed by atoms with van der Waals surface area (Å²) in [5.74, 6) is 0. The Morgan fingerprint density at radius 1 is 1.42 bits per heavy atom. The van der Waals surface area contributed by atoms with Crippen molar-refractivity contribution in [3.63, 3.8) is 0 Å². The van der Waals surface area contributed by atoms with E-state index in [1.165, 1.54) is 5.56 Å². The molecule has 104 valence electrons. The highest BCUT2D eigenvalue weighted by Gasteiger charge is 2.28. The van der Waals surface area contributed by atoms with Gasteiger partial charge < -0.3 is 10.2 Å². The molecule has 1 aromatic rings. The van der Waals surface area contributed by atoms with E-state index < -0.39 is 0 Å². The zero-order chi connectivity index (χ0) is 13.8. The standard InChI is InChI=1S/C15H23N3O/c1-4-10-16-13-9-11-18(15(19)17(2)3)14-8-6-5-7-12(13)14/h5-8,13,16H,4,9-11H2,1-3H3. The van der Waals surface area contributed by atoms with Gasteiger partial charge >= 0.3 is 6.03 Å². The molecule has 4 heteroatoms. The summed E-state index contributed by atoms with van der Waals surface area (Å²) in [6.45, 7) is 3.96. The number of urea groups is 1. The fourth-order valence-corrected chi connectivity index (χ4v) is 2.53. The number of carbonyl (C=O) groups is 1. The number of anilines is 1. The molecular formula is C15H23N3O. The van der Waals surface area contributed by atoms with Gasteiger partial charge in [-0.15, -0.1) is 0 Å². The molecule has 1 aliphatic rings. The fourth-order valence-electron chi connectivity index (χ4n) is 2.53. The number of fused-ring (bicyclic) bond motifs is 1. The van der Waals surface area contributed by atoms with Gasteiger partial charge in [0.1, 0.15) is 0 Å². The first-order valence-electron chi connectivity index (χ1n) is 6.96. The van der Waals surface area contributed by atoms with Gasteiger partial charge in [0.2, 0.25) is 0 Å². The summed E-state index contributed by atoms with van der Waals surface area (Å²) in [4.78, 5) is 15.7. The van der Waals surface area contributed by atoms with Crippen molar-refractivity contribution in [3.05, 3.63) is 29.8 Å². The molecule has 1 aliphatic heterocycles. The number of hydrogen-bond acceptors (Lipinski definition) is 2. The molecule has 0 aromatic heterocycles. The first-order chi connectivity index (χ1) is 9.15. The number of rotatable bonds is 3. The van der Waals surface area contributed by atoms with Crippen molar-refractivity contribution in [2.45, 2.75) is 25.8 Å². The lowest BCUT2D eigenvalue weighted by atomic mass is 9.96. The van der Waals surface area contributed by atoms with Crippen LogP contribution in [0.25, 0.3) is 0 Å². The monoisotopic (exact) mass is 261 g/mol. The van der Waals surface area contributed by atoms with Crippen molar-refractivity contribution < 1.29 is 4.79 Å². The van der Waals surface area contributed by atoms with E-state index in [0.717, 1.165) is 31.6 Å². The summed E-state index contributed by atoms with van der Waals surface area (Å²) >= 11 is 0. The van der Waals surface area contributed by atoms with Crippen LogP contribution in [-0.4, -0.2) is 38.1 Å². The van der Waals surface area contributed by atoms with Gasteiger partial charge in [0.05, 0.1) is 5.69 Å². The smallest absolute Gasteiger partial charge is 0.323 e. The van der Waals surface area contributed by atoms with Gasteiger partial charge in [-0.3, -0.25) is 4.90 Å². The molecule has 1 aromatic carbocycles. The molecule has 1 unspecified atom stereocenters. The van der Waals surface area contributed by atoms with Gasteiger partial charge in [-0.25, -0.2) is 4.79 Å². The molecule has 1 N–H and O–H groups in total. The summed E-state index contributed by atoms with van der Waals surface area (Å²) in [5.41, 5.74) is 2.28. The second-order valence-electron chi connectivity index (χ2n) is 5.18. The van der Waals surface area contributed by atoms with Crippen molar-refractivity contribution in [2.75, 3.05) is 32.1 Å². The van der Waals surface area contributed by atoms with Gasteiger partial charge in [-0.05, 0) is 31.0 Å². The number of benzene rings is 1. The van der Waals surface area contributed by atoms with Crippen LogP contribution >= 0.6 is 0 Å². The molecule has 0 saturated heterocycles. The normalized spacial score (nSPS) is 18.1. The van der Waals surface area contributed by atoms with E-state index in [2.05, 4.69) is 18.3 Å². The molecule has 2 amide bonds. The molecule has 2 rings (SSSR count). The highest BCUT2D eigenvalue weighted by molar-refractivity contribution is 5.93. The highest BCUT2D eigenvalue weighted by Crippen LogP contribution is 2.33. The fraction of sp³-hybridized carbons (Fsp3) is 0.533. The van der Waals surface area contributed by atoms with Crippen LogP contribution in [0.1, 0.15) is 31.4 Å². The quantitative estimate of drug-likeness (QED) is 0.908. The van der Waals surface area contributed by atoms with Crippen LogP contribution in [0.2, 0.25) is 0 Å². The van der Waals surface area contributed by atoms with E-state index >= 15 is 0 Å². The Morgan fingerprint density at radius 2 is 2.16 bits per heavy atom. The Labute approximate surface area is 115 Å². The zero-order valence-electron chi connectivity index (χ0n) is 12.0. The molecule has 0 fully saturated rings. The summed E-state index contributed by atoms with van der Waals surface area (Å²) < 4.78 is 0. The van der Waals surface area contributed by atoms with Crippen molar-refractivity contribution in [1.82, 2.24) is 10.2 Å². The third-order valence-corrected chi connectivity index (χ3v) is 3.50. The molecule has 1 heterocycles. The maximum absolute atomic E-state index is 12.2. The van der Waals surface area contributed by atoms with Crippen molar-refractivity contribution in [3.8, 4) is 0 Å². The molecule has 0 radical (unpaired) electrons. The molecule has 0 spiro atoms. The summed E-state index contributed by atoms with van der Waals surface area (Å²) in [7, 11) is 3.60. The number of hydrogen-bond donors (Lipinski definition) is 1. The Kier molecular flexibility index (Phi) is 4.43. The average Bonchev–Trinajstić information content (AvgIpc) is 2.43. The third-order valence-electron chi connectivity index (χ3n) is 3.50. The van der Waals surface area contributed by atoms with Gasteiger partial charge in [0.15, 0.2) is 0 Å². The predicted molar refractivity (Wildman–Crippen MR) is 78.5 cm³/mol. The Hall–Kier alpha value is -1.55. The summed E-state index contributed by atoms with van der Waals surface area (Å²) in [6, 6.07) is 8.62. The maximum atomic E-state index is 12.2. The molecular weight excluding hydrogens is 238 g/mol. The molecule has 19 heavy (non-hydrogen) atoms. The largest absolute Gasteiger partial charge is 0.330 e. The van der Waals surface area contributed by atoms with E-state index in [1.54, 1.807) is 19.0 Å². The average molecular weight is 261 g/mol. The van der Waals surface area contributed by atoms with E-state index in [1.807, 2.05) is 23.1 Å². The van der Waals surface area contributed by atoms with Crippen molar-refractivity contribution in [1.29, 1.82) is 0 Å². The molecule has 0 saturated carbocycles. The SMILES string of the molecule is CCCNC1CCN(C(=O)N(C)C)c2ccccc21. The second kappa shape index (κ2) is 6.06. The molecule has 4 nitrogen and oxygen atoms in total. The van der Waals surface area contributed by atoms with Gasteiger partial charge in [0.25, 0.3) is 0 Å². The minimum Gasteiger partial charge on any atom is -0.330 e. The molecule has 1 atom stereocenters. The van der Waals surface area contributed by atoms with Crippen molar-refractivity contribution >= 4 is 11.7 Å². The van der Waals surface area contributed by atoms with E-state index in [0.29, 0.717) is 6.04 Å². The number of carbonyl (C=O) groups excluding carboxylic acids is 1. The maximum Gasteiger partial charge on any atom is 0.323 e. The van der Waals surface area contributed by atoms with Crippen LogP contribution in [0.5, 0.6) is 0 Å². The summed E-state index contributed by atoms with van der Waals surface area (Å²) in [5, 5.41) is 3.56. The van der Waals surface area contributed by atoms with Gasteiger partial charge in [-0.1, -0.05) is 25.1 Å². The number of amides is 2. The zero-order valence-corrected chi connectivity index (χ0v) is 12.0. The topological polar surface area (TPSA) is 35.6 Å². The van der Waals surface area contributed by atoms with Crippen LogP contribution in [0.15, 0.2) is 24.3 Å². The lowest BCUT2D eigenvalue weighted by Gasteiger charge is -2.36. The second-order valence-corrected chi connectivity index (χ2v) is 5.18. The highest BCUT2D eigenvalue weighted by atomic mass is 16.2. The lowest BCUT2D eigenvalue weighted by molar-refractivity contribution is 0.222. The first kappa shape index (κ1) is 13.9.